The molecule has 1 rings (SSSR count). The van der Waals surface area contributed by atoms with Gasteiger partial charge in [0.1, 0.15) is 0 Å². The number of nitro groups is 1. The number of esters is 1. The fraction of sp³-hybridized carbons (Fsp3) is 0.125. The molecular formula is C8H6INO4. The van der Waals surface area contributed by atoms with Crippen molar-refractivity contribution in [2.45, 2.75) is 0 Å². The summed E-state index contributed by atoms with van der Waals surface area (Å²) in [7, 11) is 1.19. The normalized spacial score (nSPS) is 9.57. The highest BCUT2D eigenvalue weighted by molar-refractivity contribution is 14.1. The Kier molecular flexibility index (Phi) is 3.39. The van der Waals surface area contributed by atoms with Crippen LogP contribution in [-0.2, 0) is 4.74 Å². The average Bonchev–Trinajstić information content (AvgIpc) is 2.16. The predicted octanol–water partition coefficient (Wildman–Crippen LogP) is 1.99. The van der Waals surface area contributed by atoms with Crippen molar-refractivity contribution in [2.24, 2.45) is 0 Å². The average molecular weight is 307 g/mol. The Bertz CT molecular complexity index is 391. The largest absolute Gasteiger partial charge is 0.465 e. The van der Waals surface area contributed by atoms with Crippen LogP contribution in [-0.4, -0.2) is 18.0 Å². The number of nitro benzene ring substituents is 1. The maximum atomic E-state index is 11.2. The molecule has 0 aliphatic carbocycles. The van der Waals surface area contributed by atoms with Crippen molar-refractivity contribution in [2.75, 3.05) is 7.11 Å². The van der Waals surface area contributed by atoms with Crippen molar-refractivity contribution in [3.8, 4) is 0 Å². The molecule has 0 amide bonds. The first-order chi connectivity index (χ1) is 6.57. The molecule has 0 atom stereocenters. The Hall–Kier alpha value is -1.18. The zero-order chi connectivity index (χ0) is 10.7. The van der Waals surface area contributed by atoms with E-state index in [-0.39, 0.29) is 11.3 Å². The number of ether oxygens (including phenoxy) is 1. The second kappa shape index (κ2) is 4.36. The molecule has 0 unspecified atom stereocenters. The van der Waals surface area contributed by atoms with Gasteiger partial charge in [0.05, 0.1) is 12.0 Å². The van der Waals surface area contributed by atoms with Crippen LogP contribution < -0.4 is 0 Å². The van der Waals surface area contributed by atoms with Crippen LogP contribution in [0.2, 0.25) is 0 Å². The lowest BCUT2D eigenvalue weighted by atomic mass is 10.2. The van der Waals surface area contributed by atoms with Crippen molar-refractivity contribution in [3.05, 3.63) is 37.4 Å². The maximum absolute atomic E-state index is 11.2. The zero-order valence-electron chi connectivity index (χ0n) is 7.19. The highest BCUT2D eigenvalue weighted by Gasteiger charge is 2.23. The monoisotopic (exact) mass is 307 g/mol. The standard InChI is InChI=1S/C8H6INO4/c1-14-8(11)7-5(9)3-2-4-6(7)10(12)13/h2-4H,1H3. The molecule has 1 aromatic carbocycles. The van der Waals surface area contributed by atoms with E-state index in [2.05, 4.69) is 4.74 Å². The van der Waals surface area contributed by atoms with E-state index < -0.39 is 10.9 Å². The fourth-order valence-corrected chi connectivity index (χ4v) is 1.67. The van der Waals surface area contributed by atoms with Gasteiger partial charge in [0.2, 0.25) is 0 Å². The summed E-state index contributed by atoms with van der Waals surface area (Å²) in [5.74, 6) is -0.693. The summed E-state index contributed by atoms with van der Waals surface area (Å²) in [5.41, 5.74) is -0.232. The Morgan fingerprint density at radius 3 is 2.71 bits per heavy atom. The van der Waals surface area contributed by atoms with Gasteiger partial charge in [-0.05, 0) is 28.7 Å². The van der Waals surface area contributed by atoms with Gasteiger partial charge in [-0.3, -0.25) is 10.1 Å². The predicted molar refractivity (Wildman–Crippen MR) is 57.2 cm³/mol. The number of halogens is 1. The number of carbonyl (C=O) groups is 1. The summed E-state index contributed by atoms with van der Waals surface area (Å²) >= 11 is 1.85. The second-order valence-corrected chi connectivity index (χ2v) is 3.54. The van der Waals surface area contributed by atoms with Crippen LogP contribution in [0.15, 0.2) is 18.2 Å². The number of methoxy groups -OCH3 is 1. The summed E-state index contributed by atoms with van der Waals surface area (Å²) in [4.78, 5) is 21.2. The summed E-state index contributed by atoms with van der Waals surface area (Å²) in [6.07, 6.45) is 0. The van der Waals surface area contributed by atoms with Crippen molar-refractivity contribution in [3.63, 3.8) is 0 Å². The molecule has 0 aromatic heterocycles. The third-order valence-corrected chi connectivity index (χ3v) is 2.48. The van der Waals surface area contributed by atoms with Crippen LogP contribution in [0.4, 0.5) is 5.69 Å². The molecule has 0 saturated carbocycles. The molecule has 1 aromatic rings. The first-order valence-electron chi connectivity index (χ1n) is 3.59. The first-order valence-corrected chi connectivity index (χ1v) is 4.67. The Morgan fingerprint density at radius 1 is 1.57 bits per heavy atom. The van der Waals surface area contributed by atoms with Crippen molar-refractivity contribution >= 4 is 34.2 Å². The molecule has 0 N–H and O–H groups in total. The van der Waals surface area contributed by atoms with Gasteiger partial charge >= 0.3 is 5.97 Å². The second-order valence-electron chi connectivity index (χ2n) is 2.38. The van der Waals surface area contributed by atoms with Gasteiger partial charge in [-0.25, -0.2) is 4.79 Å². The smallest absolute Gasteiger partial charge is 0.345 e. The molecule has 74 valence electrons. The van der Waals surface area contributed by atoms with Crippen molar-refractivity contribution in [1.29, 1.82) is 0 Å². The molecule has 0 fully saturated rings. The van der Waals surface area contributed by atoms with Crippen molar-refractivity contribution in [1.82, 2.24) is 0 Å². The summed E-state index contributed by atoms with van der Waals surface area (Å²) in [5, 5.41) is 10.6. The third kappa shape index (κ3) is 2.00. The van der Waals surface area contributed by atoms with Crippen LogP contribution in [0.3, 0.4) is 0 Å². The minimum atomic E-state index is -0.693. The highest BCUT2D eigenvalue weighted by atomic mass is 127. The molecule has 5 nitrogen and oxygen atoms in total. The lowest BCUT2D eigenvalue weighted by Crippen LogP contribution is -2.07. The SMILES string of the molecule is COC(=O)c1c(I)cccc1[N+](=O)[O-]. The molecule has 0 spiro atoms. The molecule has 14 heavy (non-hydrogen) atoms. The van der Waals surface area contributed by atoms with Gasteiger partial charge in [0, 0.05) is 9.64 Å². The number of hydrogen-bond donors (Lipinski definition) is 0. The Labute approximate surface area is 93.4 Å². The van der Waals surface area contributed by atoms with Crippen LogP contribution in [0.5, 0.6) is 0 Å². The quantitative estimate of drug-likeness (QED) is 0.362. The van der Waals surface area contributed by atoms with Crippen LogP contribution >= 0.6 is 22.6 Å². The van der Waals surface area contributed by atoms with E-state index >= 15 is 0 Å². The Balaban J connectivity index is 3.36. The minimum Gasteiger partial charge on any atom is -0.465 e. The van der Waals surface area contributed by atoms with Gasteiger partial charge in [0.15, 0.2) is 5.56 Å². The highest BCUT2D eigenvalue weighted by Crippen LogP contribution is 2.24. The van der Waals surface area contributed by atoms with Gasteiger partial charge in [-0.2, -0.15) is 0 Å². The summed E-state index contributed by atoms with van der Waals surface area (Å²) in [6.45, 7) is 0. The molecule has 0 radical (unpaired) electrons. The fourth-order valence-electron chi connectivity index (χ4n) is 0.969. The lowest BCUT2D eigenvalue weighted by Gasteiger charge is -2.02. The summed E-state index contributed by atoms with van der Waals surface area (Å²) in [6, 6.07) is 4.40. The van der Waals surface area contributed by atoms with Gasteiger partial charge in [0.25, 0.3) is 5.69 Å². The van der Waals surface area contributed by atoms with E-state index in [1.165, 1.54) is 19.2 Å². The van der Waals surface area contributed by atoms with E-state index in [9.17, 15) is 14.9 Å². The van der Waals surface area contributed by atoms with Gasteiger partial charge in [-0.1, -0.05) is 6.07 Å². The van der Waals surface area contributed by atoms with E-state index in [4.69, 9.17) is 0 Å². The van der Waals surface area contributed by atoms with E-state index in [1.54, 1.807) is 6.07 Å². The van der Waals surface area contributed by atoms with Crippen LogP contribution in [0.1, 0.15) is 10.4 Å². The number of carbonyl (C=O) groups excluding carboxylic acids is 1. The first kappa shape index (κ1) is 10.9. The molecule has 0 heterocycles. The van der Waals surface area contributed by atoms with Gasteiger partial charge in [-0.15, -0.1) is 0 Å². The molecular weight excluding hydrogens is 301 g/mol. The lowest BCUT2D eigenvalue weighted by molar-refractivity contribution is -0.385. The zero-order valence-corrected chi connectivity index (χ0v) is 9.35. The molecule has 0 saturated heterocycles. The maximum Gasteiger partial charge on any atom is 0.345 e. The Morgan fingerprint density at radius 2 is 2.21 bits per heavy atom. The number of hydrogen-bond acceptors (Lipinski definition) is 4. The van der Waals surface area contributed by atoms with E-state index in [0.717, 1.165) is 0 Å². The number of benzene rings is 1. The van der Waals surface area contributed by atoms with Gasteiger partial charge < -0.3 is 4.74 Å². The van der Waals surface area contributed by atoms with Crippen LogP contribution in [0.25, 0.3) is 0 Å². The van der Waals surface area contributed by atoms with E-state index in [0.29, 0.717) is 3.57 Å². The number of rotatable bonds is 2. The number of nitrogens with zero attached hydrogens (tertiary/aromatic N) is 1. The minimum absolute atomic E-state index is 0.000556. The van der Waals surface area contributed by atoms with Crippen LogP contribution in [0, 0.1) is 13.7 Å². The third-order valence-electron chi connectivity index (χ3n) is 1.58. The molecule has 0 bridgehead atoms. The topological polar surface area (TPSA) is 69.4 Å². The summed E-state index contributed by atoms with van der Waals surface area (Å²) < 4.78 is 4.96. The molecule has 6 heteroatoms. The molecule has 0 aliphatic rings. The molecule has 0 aliphatic heterocycles. The van der Waals surface area contributed by atoms with Crippen molar-refractivity contribution < 1.29 is 14.5 Å². The van der Waals surface area contributed by atoms with E-state index in [1.807, 2.05) is 22.6 Å².